The van der Waals surface area contributed by atoms with E-state index in [-0.39, 0.29) is 42.0 Å². The Kier molecular flexibility index (Phi) is 5.91. The predicted octanol–water partition coefficient (Wildman–Crippen LogP) is 0.861. The summed E-state index contributed by atoms with van der Waals surface area (Å²) in [7, 11) is 0. The number of carbonyl (C=O) groups is 1. The van der Waals surface area contributed by atoms with Crippen LogP contribution in [0.1, 0.15) is 16.8 Å². The normalized spacial score (nSPS) is 13.4. The van der Waals surface area contributed by atoms with Gasteiger partial charge in [0.1, 0.15) is 17.9 Å². The van der Waals surface area contributed by atoms with Crippen LogP contribution in [0, 0.1) is 25.1 Å². The maximum atomic E-state index is 14.9. The molecule has 0 aliphatic carbocycles. The summed E-state index contributed by atoms with van der Waals surface area (Å²) in [5.41, 5.74) is 8.68. The number of nitrogen functional groups attached to an aromatic ring is 1. The number of benzene rings is 1. The zero-order valence-corrected chi connectivity index (χ0v) is 19.3. The fourth-order valence-corrected chi connectivity index (χ4v) is 3.91. The van der Waals surface area contributed by atoms with Crippen LogP contribution in [0.3, 0.4) is 0 Å². The van der Waals surface area contributed by atoms with Gasteiger partial charge in [0.2, 0.25) is 5.91 Å². The van der Waals surface area contributed by atoms with Crippen LogP contribution in [0.5, 0.6) is 0 Å². The predicted molar refractivity (Wildman–Crippen MR) is 127 cm³/mol. The zero-order chi connectivity index (χ0) is 25.4. The summed E-state index contributed by atoms with van der Waals surface area (Å²) in [6.45, 7) is 2.84. The molecule has 11 nitrogen and oxygen atoms in total. The van der Waals surface area contributed by atoms with Crippen molar-refractivity contribution in [2.24, 2.45) is 0 Å². The van der Waals surface area contributed by atoms with Gasteiger partial charge in [-0.1, -0.05) is 23.3 Å². The molecule has 12 heteroatoms. The molecular weight excluding hydrogens is 465 g/mol. The fourth-order valence-electron chi connectivity index (χ4n) is 3.91. The Morgan fingerprint density at radius 2 is 2.08 bits per heavy atom. The van der Waals surface area contributed by atoms with Crippen molar-refractivity contribution < 1.29 is 14.3 Å². The van der Waals surface area contributed by atoms with Gasteiger partial charge in [-0.2, -0.15) is 5.10 Å². The van der Waals surface area contributed by atoms with Gasteiger partial charge in [-0.15, -0.1) is 11.5 Å². The lowest BCUT2D eigenvalue weighted by atomic mass is 10.0. The number of terminal acetylenes is 1. The number of β-amino-alcohol motifs (C(OH)–C–C–N with tert-alkyl or cyclic N) is 1. The smallest absolute Gasteiger partial charge is 0.244 e. The van der Waals surface area contributed by atoms with E-state index in [0.717, 1.165) is 5.56 Å². The number of hydrogen-bond donors (Lipinski definition) is 2. The number of halogens is 1. The average Bonchev–Trinajstić information content (AvgIpc) is 3.48. The van der Waals surface area contributed by atoms with Gasteiger partial charge in [0.15, 0.2) is 17.5 Å². The first kappa shape index (κ1) is 23.1. The minimum absolute atomic E-state index is 0.0732. The minimum atomic E-state index is -0.796. The highest BCUT2D eigenvalue weighted by Gasteiger charge is 2.28. The van der Waals surface area contributed by atoms with E-state index in [1.807, 2.05) is 6.92 Å². The molecule has 1 aromatic carbocycles. The van der Waals surface area contributed by atoms with Crippen LogP contribution in [0.2, 0.25) is 0 Å². The molecule has 0 atom stereocenters. The third-order valence-corrected chi connectivity index (χ3v) is 5.92. The van der Waals surface area contributed by atoms with Crippen LogP contribution in [-0.2, 0) is 17.9 Å². The summed E-state index contributed by atoms with van der Waals surface area (Å²) < 4.78 is 17.9. The Morgan fingerprint density at radius 1 is 1.28 bits per heavy atom. The van der Waals surface area contributed by atoms with E-state index in [4.69, 9.17) is 12.2 Å². The zero-order valence-electron chi connectivity index (χ0n) is 19.3. The van der Waals surface area contributed by atoms with Crippen LogP contribution in [0.25, 0.3) is 22.8 Å². The molecule has 0 spiro atoms. The van der Waals surface area contributed by atoms with E-state index in [2.05, 4.69) is 31.3 Å². The number of aromatic nitrogens is 7. The second-order valence-corrected chi connectivity index (χ2v) is 8.48. The highest BCUT2D eigenvalue weighted by molar-refractivity contribution is 5.76. The van der Waals surface area contributed by atoms with Crippen molar-refractivity contribution in [2.75, 3.05) is 18.8 Å². The molecule has 1 saturated heterocycles. The molecule has 0 bridgehead atoms. The number of nitrogens with two attached hydrogens (primary N) is 1. The van der Waals surface area contributed by atoms with Gasteiger partial charge in [-0.3, -0.25) is 9.48 Å². The molecule has 36 heavy (non-hydrogen) atoms. The SMILES string of the molecule is C#Cc1cccc(-c2nc(N)c(F)c(-c3cn(Cc4ccn(CC(=O)N5CC(O)C5)n4)nn3)n2)c1C. The van der Waals surface area contributed by atoms with E-state index in [1.54, 1.807) is 35.4 Å². The first-order valence-electron chi connectivity index (χ1n) is 11.1. The van der Waals surface area contributed by atoms with Gasteiger partial charge < -0.3 is 15.7 Å². The number of nitrogens with zero attached hydrogens (tertiary/aromatic N) is 8. The van der Waals surface area contributed by atoms with Crippen LogP contribution in [-0.4, -0.2) is 69.8 Å². The van der Waals surface area contributed by atoms with Crippen LogP contribution in [0.15, 0.2) is 36.7 Å². The second-order valence-electron chi connectivity index (χ2n) is 8.48. The van der Waals surface area contributed by atoms with Gasteiger partial charge >= 0.3 is 0 Å². The highest BCUT2D eigenvalue weighted by atomic mass is 19.1. The summed E-state index contributed by atoms with van der Waals surface area (Å²) in [5, 5.41) is 21.8. The van der Waals surface area contributed by atoms with Gasteiger partial charge in [-0.25, -0.2) is 19.0 Å². The maximum absolute atomic E-state index is 14.9. The molecule has 1 aliphatic heterocycles. The Morgan fingerprint density at radius 3 is 2.83 bits per heavy atom. The first-order valence-corrected chi connectivity index (χ1v) is 11.1. The van der Waals surface area contributed by atoms with E-state index in [1.165, 1.54) is 15.6 Å². The molecule has 0 radical (unpaired) electrons. The molecule has 1 fully saturated rings. The van der Waals surface area contributed by atoms with Gasteiger partial charge in [0.05, 0.1) is 24.5 Å². The number of aliphatic hydroxyl groups excluding tert-OH is 1. The van der Waals surface area contributed by atoms with Crippen molar-refractivity contribution in [3.63, 3.8) is 0 Å². The van der Waals surface area contributed by atoms with Crippen molar-refractivity contribution in [2.45, 2.75) is 26.1 Å². The molecule has 3 aromatic heterocycles. The number of amides is 1. The Balaban J connectivity index is 1.35. The number of carbonyl (C=O) groups excluding carboxylic acids is 1. The van der Waals surface area contributed by atoms with Crippen molar-refractivity contribution in [1.82, 2.24) is 39.6 Å². The second kappa shape index (κ2) is 9.20. The number of aliphatic hydroxyl groups is 1. The van der Waals surface area contributed by atoms with Gasteiger partial charge in [0, 0.05) is 30.4 Å². The van der Waals surface area contributed by atoms with Crippen molar-refractivity contribution in [3.8, 4) is 35.1 Å². The molecule has 1 aliphatic rings. The van der Waals surface area contributed by atoms with Crippen LogP contribution < -0.4 is 5.73 Å². The Bertz CT molecular complexity index is 1500. The lowest BCUT2D eigenvalue weighted by Crippen LogP contribution is -2.54. The number of hydrogen-bond acceptors (Lipinski definition) is 8. The largest absolute Gasteiger partial charge is 0.389 e. The highest BCUT2D eigenvalue weighted by Crippen LogP contribution is 2.28. The molecule has 0 unspecified atom stereocenters. The van der Waals surface area contributed by atoms with E-state index in [9.17, 15) is 14.3 Å². The Hall–Kier alpha value is -4.63. The first-order chi connectivity index (χ1) is 17.3. The maximum Gasteiger partial charge on any atom is 0.244 e. The molecule has 5 rings (SSSR count). The van der Waals surface area contributed by atoms with Crippen LogP contribution in [0.4, 0.5) is 10.2 Å². The minimum Gasteiger partial charge on any atom is -0.389 e. The van der Waals surface area contributed by atoms with E-state index >= 15 is 0 Å². The van der Waals surface area contributed by atoms with Gasteiger partial charge in [0.25, 0.3) is 0 Å². The molecule has 3 N–H and O–H groups in total. The van der Waals surface area contributed by atoms with Crippen LogP contribution >= 0.6 is 0 Å². The topological polar surface area (TPSA) is 141 Å². The van der Waals surface area contributed by atoms with E-state index < -0.39 is 11.9 Å². The summed E-state index contributed by atoms with van der Waals surface area (Å²) >= 11 is 0. The molecule has 182 valence electrons. The third kappa shape index (κ3) is 4.39. The molecule has 4 heterocycles. The van der Waals surface area contributed by atoms with Gasteiger partial charge in [-0.05, 0) is 24.6 Å². The average molecular weight is 487 g/mol. The summed E-state index contributed by atoms with van der Waals surface area (Å²) in [6.07, 6.45) is 8.33. The number of anilines is 1. The summed E-state index contributed by atoms with van der Waals surface area (Å²) in [6, 6.07) is 7.11. The van der Waals surface area contributed by atoms with Crippen molar-refractivity contribution in [3.05, 3.63) is 59.3 Å². The van der Waals surface area contributed by atoms with Crippen molar-refractivity contribution in [1.29, 1.82) is 0 Å². The fraction of sp³-hybridized carbons (Fsp3) is 0.250. The lowest BCUT2D eigenvalue weighted by Gasteiger charge is -2.35. The standard InChI is InChI=1S/C24H22FN9O2/c1-3-15-5-4-6-18(14(15)2)24-27-22(21(25)23(26)28-24)19-12-34(31-29-19)9-16-7-8-33(30-16)13-20(36)32-10-17(35)11-32/h1,4-8,12,17,35H,9-11,13H2,2H3,(H2,26,27,28). The molecule has 0 saturated carbocycles. The summed E-state index contributed by atoms with van der Waals surface area (Å²) in [4.78, 5) is 22.2. The monoisotopic (exact) mass is 487 g/mol. The lowest BCUT2D eigenvalue weighted by molar-refractivity contribution is -0.142. The third-order valence-electron chi connectivity index (χ3n) is 5.92. The quantitative estimate of drug-likeness (QED) is 0.382. The van der Waals surface area contributed by atoms with Crippen molar-refractivity contribution >= 4 is 11.7 Å². The number of likely N-dealkylation sites (tertiary alicyclic amines) is 1. The molecule has 1 amide bonds. The van der Waals surface area contributed by atoms with E-state index in [0.29, 0.717) is 29.9 Å². The molecular formula is C24H22FN9O2. The molecule has 4 aromatic rings. The number of rotatable bonds is 6. The Labute approximate surface area is 205 Å². The summed E-state index contributed by atoms with van der Waals surface area (Å²) in [5.74, 6) is 1.61.